The van der Waals surface area contributed by atoms with E-state index in [1.807, 2.05) is 4.90 Å². The van der Waals surface area contributed by atoms with Crippen LogP contribution in [-0.4, -0.2) is 36.5 Å². The summed E-state index contributed by atoms with van der Waals surface area (Å²) in [4.78, 5) is 13.4. The number of carbonyl (C=O) groups excluding carboxylic acids is 1. The third-order valence-electron chi connectivity index (χ3n) is 5.76. The number of carbonyl (C=O) groups is 1. The molecule has 23 heavy (non-hydrogen) atoms. The van der Waals surface area contributed by atoms with Crippen molar-refractivity contribution in [1.82, 2.24) is 10.2 Å². The topological polar surface area (TPSA) is 32.3 Å². The highest BCUT2D eigenvalue weighted by atomic mass is 16.2. The highest BCUT2D eigenvalue weighted by Gasteiger charge is 2.27. The Kier molecular flexibility index (Phi) is 5.71. The molecule has 0 aromatic heterocycles. The van der Waals surface area contributed by atoms with E-state index in [2.05, 4.69) is 35.6 Å². The average molecular weight is 314 g/mol. The Morgan fingerprint density at radius 1 is 1.13 bits per heavy atom. The fraction of sp³-hybridized carbons (Fsp3) is 0.650. The van der Waals surface area contributed by atoms with E-state index in [9.17, 15) is 4.79 Å². The van der Waals surface area contributed by atoms with Gasteiger partial charge < -0.3 is 10.2 Å². The molecule has 0 bridgehead atoms. The molecule has 1 N–H and O–H groups in total. The lowest BCUT2D eigenvalue weighted by Gasteiger charge is -2.33. The highest BCUT2D eigenvalue weighted by molar-refractivity contribution is 5.73. The van der Waals surface area contributed by atoms with Gasteiger partial charge in [-0.2, -0.15) is 0 Å². The van der Waals surface area contributed by atoms with E-state index in [1.54, 1.807) is 6.92 Å². The van der Waals surface area contributed by atoms with Crippen molar-refractivity contribution < 1.29 is 4.79 Å². The van der Waals surface area contributed by atoms with E-state index in [0.717, 1.165) is 38.4 Å². The smallest absolute Gasteiger partial charge is 0.219 e. The maximum absolute atomic E-state index is 11.4. The first-order valence-corrected chi connectivity index (χ1v) is 9.28. The molecule has 0 unspecified atom stereocenters. The van der Waals surface area contributed by atoms with Gasteiger partial charge in [0, 0.05) is 32.6 Å². The van der Waals surface area contributed by atoms with Crippen LogP contribution in [0.3, 0.4) is 0 Å². The zero-order valence-electron chi connectivity index (χ0n) is 14.3. The maximum Gasteiger partial charge on any atom is 0.219 e. The summed E-state index contributed by atoms with van der Waals surface area (Å²) in [5.74, 6) is 1.70. The van der Waals surface area contributed by atoms with Crippen molar-refractivity contribution in [2.75, 3.05) is 19.6 Å². The van der Waals surface area contributed by atoms with Gasteiger partial charge in [-0.25, -0.2) is 0 Å². The second-order valence-corrected chi connectivity index (χ2v) is 7.25. The van der Waals surface area contributed by atoms with Crippen LogP contribution in [0.1, 0.15) is 56.9 Å². The Hall–Kier alpha value is -1.35. The molecular formula is C20H30N2O. The standard InChI is InChI=1S/C20H30N2O/c1-16(23)22-13-11-19(12-14-22)21-15-20(18-9-5-6-10-18)17-7-3-2-4-8-17/h2-4,7-8,18-21H,5-6,9-15H2,1H3/t20-/m0/s1. The van der Waals surface area contributed by atoms with Crippen LogP contribution in [0.25, 0.3) is 0 Å². The van der Waals surface area contributed by atoms with E-state index in [4.69, 9.17) is 0 Å². The zero-order valence-corrected chi connectivity index (χ0v) is 14.3. The summed E-state index contributed by atoms with van der Waals surface area (Å²) in [6.45, 7) is 4.58. The summed E-state index contributed by atoms with van der Waals surface area (Å²) in [6.07, 6.45) is 7.72. The maximum atomic E-state index is 11.4. The quantitative estimate of drug-likeness (QED) is 0.901. The van der Waals surface area contributed by atoms with Crippen molar-refractivity contribution in [1.29, 1.82) is 0 Å². The molecule has 0 spiro atoms. The van der Waals surface area contributed by atoms with Gasteiger partial charge in [-0.15, -0.1) is 0 Å². The van der Waals surface area contributed by atoms with Gasteiger partial charge in [-0.05, 0) is 43.1 Å². The molecule has 1 aliphatic carbocycles. The SMILES string of the molecule is CC(=O)N1CCC(NC[C@@H](c2ccccc2)C2CCCC2)CC1. The lowest BCUT2D eigenvalue weighted by atomic mass is 9.84. The Balaban J connectivity index is 1.56. The minimum absolute atomic E-state index is 0.219. The van der Waals surface area contributed by atoms with Gasteiger partial charge in [0.1, 0.15) is 0 Å². The molecule has 1 aliphatic heterocycles. The van der Waals surface area contributed by atoms with E-state index >= 15 is 0 Å². The predicted octanol–water partition coefficient (Wildman–Crippen LogP) is 3.56. The van der Waals surface area contributed by atoms with Crippen LogP contribution in [0, 0.1) is 5.92 Å². The lowest BCUT2D eigenvalue weighted by molar-refractivity contribution is -0.129. The number of rotatable bonds is 5. The first-order chi connectivity index (χ1) is 11.2. The van der Waals surface area contributed by atoms with Gasteiger partial charge >= 0.3 is 0 Å². The van der Waals surface area contributed by atoms with Crippen LogP contribution in [0.4, 0.5) is 0 Å². The van der Waals surface area contributed by atoms with E-state index in [0.29, 0.717) is 12.0 Å². The van der Waals surface area contributed by atoms with Gasteiger partial charge in [0.2, 0.25) is 5.91 Å². The lowest BCUT2D eigenvalue weighted by Crippen LogP contribution is -2.45. The molecule has 3 rings (SSSR count). The van der Waals surface area contributed by atoms with E-state index in [-0.39, 0.29) is 5.91 Å². The zero-order chi connectivity index (χ0) is 16.1. The summed E-state index contributed by atoms with van der Waals surface area (Å²) >= 11 is 0. The Morgan fingerprint density at radius 3 is 2.39 bits per heavy atom. The number of piperidine rings is 1. The van der Waals surface area contributed by atoms with Crippen molar-refractivity contribution in [2.24, 2.45) is 5.92 Å². The number of hydrogen-bond acceptors (Lipinski definition) is 2. The third kappa shape index (κ3) is 4.35. The van der Waals surface area contributed by atoms with Gasteiger partial charge in [-0.1, -0.05) is 43.2 Å². The Morgan fingerprint density at radius 2 is 1.78 bits per heavy atom. The molecule has 1 saturated heterocycles. The van der Waals surface area contributed by atoms with Crippen molar-refractivity contribution in [3.8, 4) is 0 Å². The van der Waals surface area contributed by atoms with Crippen molar-refractivity contribution in [2.45, 2.75) is 57.4 Å². The van der Waals surface area contributed by atoms with Gasteiger partial charge in [0.15, 0.2) is 0 Å². The number of nitrogens with one attached hydrogen (secondary N) is 1. The molecule has 1 amide bonds. The number of amides is 1. The largest absolute Gasteiger partial charge is 0.343 e. The van der Waals surface area contributed by atoms with E-state index < -0.39 is 0 Å². The predicted molar refractivity (Wildman–Crippen MR) is 94.4 cm³/mol. The second-order valence-electron chi connectivity index (χ2n) is 7.25. The second kappa shape index (κ2) is 7.96. The molecular weight excluding hydrogens is 284 g/mol. The van der Waals surface area contributed by atoms with Crippen molar-refractivity contribution in [3.05, 3.63) is 35.9 Å². The first kappa shape index (κ1) is 16.5. The molecule has 2 aliphatic rings. The fourth-order valence-electron chi connectivity index (χ4n) is 4.31. The van der Waals surface area contributed by atoms with Gasteiger partial charge in [-0.3, -0.25) is 4.79 Å². The molecule has 0 radical (unpaired) electrons. The summed E-state index contributed by atoms with van der Waals surface area (Å²) in [7, 11) is 0. The molecule has 1 aromatic carbocycles. The van der Waals surface area contributed by atoms with Crippen molar-refractivity contribution >= 4 is 5.91 Å². The van der Waals surface area contributed by atoms with Crippen LogP contribution in [0.2, 0.25) is 0 Å². The molecule has 126 valence electrons. The monoisotopic (exact) mass is 314 g/mol. The highest BCUT2D eigenvalue weighted by Crippen LogP contribution is 2.37. The first-order valence-electron chi connectivity index (χ1n) is 9.28. The van der Waals surface area contributed by atoms with Crippen molar-refractivity contribution in [3.63, 3.8) is 0 Å². The summed E-state index contributed by atoms with van der Waals surface area (Å²) in [6, 6.07) is 11.6. The van der Waals surface area contributed by atoms with Crippen LogP contribution in [0.15, 0.2) is 30.3 Å². The van der Waals surface area contributed by atoms with E-state index in [1.165, 1.54) is 31.2 Å². The summed E-state index contributed by atoms with van der Waals surface area (Å²) in [5, 5.41) is 3.82. The molecule has 1 atom stereocenters. The van der Waals surface area contributed by atoms with Crippen LogP contribution in [-0.2, 0) is 4.79 Å². The van der Waals surface area contributed by atoms with Crippen LogP contribution in [0.5, 0.6) is 0 Å². The molecule has 1 aromatic rings. The molecule has 2 fully saturated rings. The van der Waals surface area contributed by atoms with Gasteiger partial charge in [0.25, 0.3) is 0 Å². The minimum Gasteiger partial charge on any atom is -0.343 e. The number of likely N-dealkylation sites (tertiary alicyclic amines) is 1. The minimum atomic E-state index is 0.219. The molecule has 3 nitrogen and oxygen atoms in total. The average Bonchev–Trinajstić information content (AvgIpc) is 3.11. The summed E-state index contributed by atoms with van der Waals surface area (Å²) in [5.41, 5.74) is 1.49. The molecule has 1 heterocycles. The number of nitrogens with zero attached hydrogens (tertiary/aromatic N) is 1. The van der Waals surface area contributed by atoms with Gasteiger partial charge in [0.05, 0.1) is 0 Å². The Labute approximate surface area is 140 Å². The van der Waals surface area contributed by atoms with Crippen LogP contribution >= 0.6 is 0 Å². The molecule has 3 heteroatoms. The number of hydrogen-bond donors (Lipinski definition) is 1. The Bertz CT molecular complexity index is 488. The molecule has 1 saturated carbocycles. The third-order valence-corrected chi connectivity index (χ3v) is 5.76. The number of benzene rings is 1. The van der Waals surface area contributed by atoms with Crippen LogP contribution < -0.4 is 5.32 Å². The summed E-state index contributed by atoms with van der Waals surface area (Å²) < 4.78 is 0. The fourth-order valence-corrected chi connectivity index (χ4v) is 4.31. The normalized spacial score (nSPS) is 21.5.